The Balaban J connectivity index is 3.08. The normalized spacial score (nSPS) is 16.2. The average Bonchev–Trinajstić information content (AvgIpc) is 2.76. The second kappa shape index (κ2) is 6.41. The summed E-state index contributed by atoms with van der Waals surface area (Å²) >= 11 is 0.664. The minimum atomic E-state index is -4.40. The molecule has 3 nitrogen and oxygen atoms in total. The van der Waals surface area contributed by atoms with Crippen molar-refractivity contribution in [3.05, 3.63) is 16.1 Å². The van der Waals surface area contributed by atoms with Crippen LogP contribution in [0.25, 0.3) is 0 Å². The van der Waals surface area contributed by atoms with Crippen LogP contribution in [-0.2, 0) is 10.9 Å². The average molecular weight is 310 g/mol. The highest BCUT2D eigenvalue weighted by Gasteiger charge is 2.38. The van der Waals surface area contributed by atoms with Crippen molar-refractivity contribution in [3.63, 3.8) is 0 Å². The summed E-state index contributed by atoms with van der Waals surface area (Å²) in [5.74, 6) is 0. The summed E-state index contributed by atoms with van der Waals surface area (Å²) in [6, 6.07) is -0.316. The zero-order valence-corrected chi connectivity index (χ0v) is 13.2. The molecule has 0 aliphatic heterocycles. The van der Waals surface area contributed by atoms with Crippen molar-refractivity contribution < 1.29 is 17.9 Å². The van der Waals surface area contributed by atoms with Crippen LogP contribution in [0, 0.1) is 5.41 Å². The molecule has 1 heterocycles. The number of rotatable bonds is 5. The predicted octanol–water partition coefficient (Wildman–Crippen LogP) is 3.87. The Morgan fingerprint density at radius 1 is 1.35 bits per heavy atom. The number of aromatic nitrogens is 1. The van der Waals surface area contributed by atoms with Crippen molar-refractivity contribution in [2.24, 2.45) is 5.41 Å². The van der Waals surface area contributed by atoms with Gasteiger partial charge in [-0.2, -0.15) is 13.2 Å². The maximum atomic E-state index is 12.6. The molecule has 0 saturated heterocycles. The molecule has 0 amide bonds. The van der Waals surface area contributed by atoms with Crippen LogP contribution in [-0.4, -0.2) is 24.7 Å². The van der Waals surface area contributed by atoms with E-state index in [1.165, 1.54) is 6.20 Å². The quantitative estimate of drug-likeness (QED) is 0.896. The first-order valence-corrected chi connectivity index (χ1v) is 7.24. The van der Waals surface area contributed by atoms with Crippen molar-refractivity contribution in [2.45, 2.75) is 46.0 Å². The van der Waals surface area contributed by atoms with Crippen LogP contribution >= 0.6 is 11.3 Å². The minimum absolute atomic E-state index is 0.202. The largest absolute Gasteiger partial charge is 0.443 e. The van der Waals surface area contributed by atoms with E-state index in [4.69, 9.17) is 4.74 Å². The molecule has 7 heteroatoms. The molecule has 0 spiro atoms. The third-order valence-electron chi connectivity index (χ3n) is 2.89. The monoisotopic (exact) mass is 310 g/mol. The molecule has 0 saturated carbocycles. The van der Waals surface area contributed by atoms with E-state index in [9.17, 15) is 13.2 Å². The molecule has 0 radical (unpaired) electrons. The first-order chi connectivity index (χ1) is 9.11. The number of likely N-dealkylation sites (N-methyl/N-ethyl adjacent to an activating group) is 1. The smallest absolute Gasteiger partial charge is 0.376 e. The Morgan fingerprint density at radius 3 is 2.30 bits per heavy atom. The molecule has 2 unspecified atom stereocenters. The highest BCUT2D eigenvalue weighted by atomic mass is 32.1. The zero-order chi connectivity index (χ0) is 15.6. The van der Waals surface area contributed by atoms with E-state index in [2.05, 4.69) is 10.3 Å². The van der Waals surface area contributed by atoms with Crippen LogP contribution < -0.4 is 5.32 Å². The molecule has 0 bridgehead atoms. The Morgan fingerprint density at radius 2 is 1.95 bits per heavy atom. The Labute approximate surface area is 121 Å². The predicted molar refractivity (Wildman–Crippen MR) is 73.8 cm³/mol. The number of alkyl halides is 3. The van der Waals surface area contributed by atoms with Gasteiger partial charge in [-0.1, -0.05) is 20.8 Å². The first-order valence-electron chi connectivity index (χ1n) is 6.43. The number of ether oxygens (including phenoxy) is 1. The van der Waals surface area contributed by atoms with Gasteiger partial charge in [0.1, 0.15) is 0 Å². The fourth-order valence-corrected chi connectivity index (χ4v) is 2.95. The zero-order valence-electron chi connectivity index (χ0n) is 12.3. The van der Waals surface area contributed by atoms with Crippen LogP contribution in [0.3, 0.4) is 0 Å². The molecule has 20 heavy (non-hydrogen) atoms. The SMILES string of the molecule is CCOC(C(NC)c1cnc(C(F)(F)F)s1)C(C)(C)C. The van der Waals surface area contributed by atoms with E-state index in [1.807, 2.05) is 27.7 Å². The van der Waals surface area contributed by atoms with E-state index in [-0.39, 0.29) is 17.6 Å². The van der Waals surface area contributed by atoms with E-state index in [0.717, 1.165) is 0 Å². The topological polar surface area (TPSA) is 34.1 Å². The van der Waals surface area contributed by atoms with Crippen LogP contribution in [0.1, 0.15) is 43.6 Å². The van der Waals surface area contributed by atoms with Crippen molar-refractivity contribution in [1.29, 1.82) is 0 Å². The molecule has 1 rings (SSSR count). The summed E-state index contributed by atoms with van der Waals surface area (Å²) in [5, 5.41) is 2.23. The Bertz CT molecular complexity index is 426. The number of hydrogen-bond donors (Lipinski definition) is 1. The van der Waals surface area contributed by atoms with Gasteiger partial charge in [0.2, 0.25) is 0 Å². The molecule has 0 aliphatic rings. The van der Waals surface area contributed by atoms with Crippen LogP contribution in [0.2, 0.25) is 0 Å². The molecular formula is C13H21F3N2OS. The molecule has 116 valence electrons. The van der Waals surface area contributed by atoms with E-state index in [1.54, 1.807) is 7.05 Å². The summed E-state index contributed by atoms with van der Waals surface area (Å²) in [6.07, 6.45) is -3.35. The molecule has 1 aromatic heterocycles. The van der Waals surface area contributed by atoms with Gasteiger partial charge in [0.05, 0.1) is 12.1 Å². The molecule has 2 atom stereocenters. The third-order valence-corrected chi connectivity index (χ3v) is 4.01. The maximum Gasteiger partial charge on any atom is 0.443 e. The van der Waals surface area contributed by atoms with Gasteiger partial charge in [-0.3, -0.25) is 0 Å². The number of thiazole rings is 1. The highest BCUT2D eigenvalue weighted by molar-refractivity contribution is 7.11. The lowest BCUT2D eigenvalue weighted by Crippen LogP contribution is -2.40. The summed E-state index contributed by atoms with van der Waals surface area (Å²) in [4.78, 5) is 4.01. The van der Waals surface area contributed by atoms with Gasteiger partial charge in [0.15, 0.2) is 5.01 Å². The van der Waals surface area contributed by atoms with Gasteiger partial charge in [-0.05, 0) is 19.4 Å². The number of nitrogens with one attached hydrogen (secondary N) is 1. The van der Waals surface area contributed by atoms with Gasteiger partial charge in [0.25, 0.3) is 0 Å². The first kappa shape index (κ1) is 17.4. The van der Waals surface area contributed by atoms with Crippen molar-refractivity contribution in [3.8, 4) is 0 Å². The van der Waals surface area contributed by atoms with Gasteiger partial charge in [-0.15, -0.1) is 11.3 Å². The third kappa shape index (κ3) is 4.17. The number of halogens is 3. The van der Waals surface area contributed by atoms with Crippen LogP contribution in [0.5, 0.6) is 0 Å². The Hall–Kier alpha value is -0.660. The number of hydrogen-bond acceptors (Lipinski definition) is 4. The second-order valence-corrected chi connectivity index (χ2v) is 6.64. The fourth-order valence-electron chi connectivity index (χ4n) is 2.03. The van der Waals surface area contributed by atoms with Gasteiger partial charge < -0.3 is 10.1 Å². The van der Waals surface area contributed by atoms with Crippen LogP contribution in [0.4, 0.5) is 13.2 Å². The molecule has 1 N–H and O–H groups in total. The van der Waals surface area contributed by atoms with E-state index < -0.39 is 11.2 Å². The highest BCUT2D eigenvalue weighted by Crippen LogP contribution is 2.38. The summed E-state index contributed by atoms with van der Waals surface area (Å²) in [5.41, 5.74) is -0.202. The van der Waals surface area contributed by atoms with E-state index in [0.29, 0.717) is 22.8 Å². The van der Waals surface area contributed by atoms with Gasteiger partial charge >= 0.3 is 6.18 Å². The molecule has 0 aliphatic carbocycles. The molecule has 1 aromatic rings. The van der Waals surface area contributed by atoms with Crippen molar-refractivity contribution in [1.82, 2.24) is 10.3 Å². The summed E-state index contributed by atoms with van der Waals surface area (Å²) < 4.78 is 43.7. The number of nitrogens with zero attached hydrogens (tertiary/aromatic N) is 1. The standard InChI is InChI=1S/C13H21F3N2OS/c1-6-19-10(12(2,3)4)9(17-5)8-7-18-11(20-8)13(14,15)16/h7,9-10,17H,6H2,1-5H3. The van der Waals surface area contributed by atoms with Gasteiger partial charge in [-0.25, -0.2) is 4.98 Å². The lowest BCUT2D eigenvalue weighted by molar-refractivity contribution is -0.137. The molecule has 0 aromatic carbocycles. The van der Waals surface area contributed by atoms with Crippen molar-refractivity contribution >= 4 is 11.3 Å². The molecule has 0 fully saturated rings. The summed E-state index contributed by atoms with van der Waals surface area (Å²) in [6.45, 7) is 8.39. The second-order valence-electron chi connectivity index (χ2n) is 5.57. The fraction of sp³-hybridized carbons (Fsp3) is 0.769. The molecular weight excluding hydrogens is 289 g/mol. The lowest BCUT2D eigenvalue weighted by Gasteiger charge is -2.36. The Kier molecular flexibility index (Phi) is 5.57. The van der Waals surface area contributed by atoms with E-state index >= 15 is 0 Å². The van der Waals surface area contributed by atoms with Crippen molar-refractivity contribution in [2.75, 3.05) is 13.7 Å². The van der Waals surface area contributed by atoms with Gasteiger partial charge in [0, 0.05) is 17.7 Å². The minimum Gasteiger partial charge on any atom is -0.376 e. The summed E-state index contributed by atoms with van der Waals surface area (Å²) in [7, 11) is 1.72. The van der Waals surface area contributed by atoms with Crippen LogP contribution in [0.15, 0.2) is 6.20 Å². The maximum absolute atomic E-state index is 12.6. The lowest BCUT2D eigenvalue weighted by atomic mass is 9.84.